The van der Waals surface area contributed by atoms with Crippen LogP contribution >= 0.6 is 0 Å². The van der Waals surface area contributed by atoms with Crippen LogP contribution in [0.3, 0.4) is 0 Å². The maximum absolute atomic E-state index is 13.6. The highest BCUT2D eigenvalue weighted by molar-refractivity contribution is 6.04. The van der Waals surface area contributed by atoms with Gasteiger partial charge < -0.3 is 69.7 Å². The minimum absolute atomic E-state index is 0.0462. The Bertz CT molecular complexity index is 5080. The minimum Gasteiger partial charge on any atom is -0.453 e. The quantitative estimate of drug-likeness (QED) is 0.0349. The Kier molecular flexibility index (Phi) is 25.8. The number of aryl methyl sites for hydroxylation is 2. The standard InChI is InChI=1S/C45H47N7O4.C24H32N4O3.C21H28N4O3/c1-28(2)41(50-45(55)56-3)44(54)52-24-10-16-39(52)43-46-26-36(48-43)31-19-17-30(18-20-31)32-21-22-35(34-14-8-7-13-33(32)34)37-27-47-42(49-37)38-15-9-23-51(38)40(53)25-29-11-5-4-6-12-29;1-14(2)21(27-24(30)31-4)23(29)28-12-6-9-20(28)22-25-13-19(26-22)18-11-10-15(3)16-7-5-8-17(16)18;1-13(2)18(24-21(27)28-4)20(26)25-11-5-6-17(25)19-22-12-16(23-19)15-9-7-14(3)8-10-15/h4-8,11-14,17-22,26-28,38-39,41H,9-10,15-16,23-25H2,1-3H3,(H,46,48)(H,47,49)(H,50,55);10-11,13-14,20-21H,5-9,12H2,1-4H3,(H,25,26)(H,27,30);7-10,12-13,17-18H,5-6,11H2,1-4H3,(H,22,23)(H,24,27)/t38-,39-,41-;20-,21-;17-,18-/m000/s1. The molecule has 0 spiro atoms. The first kappa shape index (κ1) is 81.1. The van der Waals surface area contributed by atoms with Gasteiger partial charge in [-0.05, 0) is 158 Å². The summed E-state index contributed by atoms with van der Waals surface area (Å²) < 4.78 is 14.2. The van der Waals surface area contributed by atoms with Crippen molar-refractivity contribution in [1.82, 2.24) is 75.4 Å². The maximum atomic E-state index is 13.6. The first-order valence-electron chi connectivity index (χ1n) is 40.4. The third kappa shape index (κ3) is 18.2. The molecule has 25 heteroatoms. The summed E-state index contributed by atoms with van der Waals surface area (Å²) in [7, 11) is 3.90. The smallest absolute Gasteiger partial charge is 0.407 e. The van der Waals surface area contributed by atoms with Crippen LogP contribution in [0.1, 0.15) is 175 Å². The van der Waals surface area contributed by atoms with Gasteiger partial charge in [0.05, 0.1) is 99.5 Å². The van der Waals surface area contributed by atoms with Crippen LogP contribution in [0.4, 0.5) is 14.4 Å². The number of aromatic nitrogens is 8. The SMILES string of the molecule is COC(=O)N[C@H](C(=O)N1CCC[C@H]1c1ncc(-c2ccc(-c3ccc(-c4cnc([C@@H]5CCCN5C(=O)Cc5ccccc5)[nH]4)c4ccccc34)cc2)[nH]1)C(C)C.COC(=O)N[C@H](C(=O)N1CCC[C@H]1c1ncc(-c2ccc(C)c3c2CCC3)[nH]1)C(C)C.COC(=O)N[C@H](C(=O)N1CCC[C@H]1c1ncc(-c2ccc(C)cc2)[nH]1)C(C)C. The fourth-order valence-electron chi connectivity index (χ4n) is 16.9. The predicted octanol–water partition coefficient (Wildman–Crippen LogP) is 15.6. The van der Waals surface area contributed by atoms with Crippen LogP contribution in [-0.2, 0) is 52.7 Å². The summed E-state index contributed by atoms with van der Waals surface area (Å²) >= 11 is 0. The van der Waals surface area contributed by atoms with Crippen LogP contribution in [0.5, 0.6) is 0 Å². The predicted molar refractivity (Wildman–Crippen MR) is 441 cm³/mol. The molecular weight excluding hydrogens is 1450 g/mol. The Morgan fingerprint density at radius 1 is 0.400 bits per heavy atom. The number of likely N-dealkylation sites (tertiary alicyclic amines) is 4. The molecule has 0 unspecified atom stereocenters. The molecule has 6 aromatic carbocycles. The first-order chi connectivity index (χ1) is 55.6. The molecule has 7 amide bonds. The van der Waals surface area contributed by atoms with Crippen molar-refractivity contribution in [3.8, 4) is 56.2 Å². The van der Waals surface area contributed by atoms with Crippen LogP contribution in [0.15, 0.2) is 152 Å². The molecule has 4 aliphatic heterocycles. The Hall–Kier alpha value is -11.9. The number of hydrogen-bond donors (Lipinski definition) is 7. The van der Waals surface area contributed by atoms with Gasteiger partial charge in [0.1, 0.15) is 41.4 Å². The average Bonchev–Trinajstić information content (AvgIpc) is 1.71. The Balaban J connectivity index is 0.000000165. The first-order valence-corrected chi connectivity index (χ1v) is 40.4. The molecule has 0 bridgehead atoms. The molecule has 5 aliphatic rings. The number of methoxy groups -OCH3 is 3. The lowest BCUT2D eigenvalue weighted by molar-refractivity contribution is -0.136. The van der Waals surface area contributed by atoms with Gasteiger partial charge in [-0.25, -0.2) is 34.3 Å². The van der Waals surface area contributed by atoms with E-state index in [1.54, 1.807) is 0 Å². The molecule has 10 aromatic rings. The number of fused-ring (bicyclic) bond motifs is 2. The Labute approximate surface area is 671 Å². The number of carbonyl (C=O) groups is 7. The average molecular weight is 1560 g/mol. The third-order valence-corrected chi connectivity index (χ3v) is 23.1. The van der Waals surface area contributed by atoms with E-state index in [2.05, 4.69) is 162 Å². The van der Waals surface area contributed by atoms with Gasteiger partial charge in [0.25, 0.3) is 0 Å². The van der Waals surface area contributed by atoms with Crippen LogP contribution in [0.25, 0.3) is 66.9 Å². The zero-order valence-electron chi connectivity index (χ0n) is 67.7. The summed E-state index contributed by atoms with van der Waals surface area (Å²) in [5.74, 6) is 2.77. The van der Waals surface area contributed by atoms with Crippen LogP contribution in [0.2, 0.25) is 0 Å². The van der Waals surface area contributed by atoms with Crippen molar-refractivity contribution in [2.75, 3.05) is 47.5 Å². The lowest BCUT2D eigenvalue weighted by atomic mass is 9.93. The number of rotatable bonds is 20. The van der Waals surface area contributed by atoms with Gasteiger partial charge in [-0.2, -0.15) is 0 Å². The van der Waals surface area contributed by atoms with E-state index in [4.69, 9.17) is 19.4 Å². The van der Waals surface area contributed by atoms with Crippen LogP contribution < -0.4 is 16.0 Å². The summed E-state index contributed by atoms with van der Waals surface area (Å²) in [6.45, 7) is 18.4. The second kappa shape index (κ2) is 36.5. The number of benzene rings is 6. The van der Waals surface area contributed by atoms with Crippen molar-refractivity contribution in [1.29, 1.82) is 0 Å². The number of nitrogens with one attached hydrogen (secondary N) is 7. The monoisotopic (exact) mass is 1560 g/mol. The molecule has 1 aliphatic carbocycles. The van der Waals surface area contributed by atoms with Gasteiger partial charge >= 0.3 is 18.3 Å². The molecule has 8 heterocycles. The van der Waals surface area contributed by atoms with E-state index in [1.165, 1.54) is 55.6 Å². The van der Waals surface area contributed by atoms with Crippen molar-refractivity contribution in [3.05, 3.63) is 203 Å². The van der Waals surface area contributed by atoms with Crippen LogP contribution in [-0.4, -0.2) is 167 Å². The van der Waals surface area contributed by atoms with E-state index in [-0.39, 0.29) is 65.5 Å². The molecule has 15 rings (SSSR count). The summed E-state index contributed by atoms with van der Waals surface area (Å²) in [6.07, 6.45) is 16.5. The number of imidazole rings is 4. The molecule has 602 valence electrons. The van der Waals surface area contributed by atoms with Crippen LogP contribution in [0, 0.1) is 31.6 Å². The third-order valence-electron chi connectivity index (χ3n) is 23.1. The van der Waals surface area contributed by atoms with Crippen molar-refractivity contribution >= 4 is 52.7 Å². The highest BCUT2D eigenvalue weighted by Gasteiger charge is 2.42. The topological polar surface area (TPSA) is 311 Å². The lowest BCUT2D eigenvalue weighted by Gasteiger charge is -2.30. The van der Waals surface area contributed by atoms with Gasteiger partial charge in [0.15, 0.2) is 0 Å². The number of alkyl carbamates (subject to hydrolysis) is 3. The Morgan fingerprint density at radius 3 is 1.20 bits per heavy atom. The van der Waals surface area contributed by atoms with E-state index in [9.17, 15) is 33.6 Å². The number of H-pyrrole nitrogens is 4. The van der Waals surface area contributed by atoms with E-state index < -0.39 is 36.4 Å². The minimum atomic E-state index is -0.683. The molecule has 25 nitrogen and oxygen atoms in total. The molecule has 4 fully saturated rings. The van der Waals surface area contributed by atoms with Crippen molar-refractivity contribution in [2.45, 2.75) is 175 Å². The zero-order chi connectivity index (χ0) is 81.1. The number of aromatic amines is 4. The Morgan fingerprint density at radius 2 is 0.757 bits per heavy atom. The maximum Gasteiger partial charge on any atom is 0.407 e. The van der Waals surface area contributed by atoms with Gasteiger partial charge in [-0.3, -0.25) is 19.2 Å². The molecule has 4 aromatic heterocycles. The molecule has 4 saturated heterocycles. The highest BCUT2D eigenvalue weighted by Crippen LogP contribution is 2.42. The molecular formula is C90H107N15O10. The van der Waals surface area contributed by atoms with Crippen molar-refractivity contribution in [3.63, 3.8) is 0 Å². The second-order valence-corrected chi connectivity index (χ2v) is 31.7. The summed E-state index contributed by atoms with van der Waals surface area (Å²) in [5.41, 5.74) is 16.8. The van der Waals surface area contributed by atoms with Crippen molar-refractivity contribution in [2.24, 2.45) is 17.8 Å². The molecule has 115 heavy (non-hydrogen) atoms. The number of amides is 7. The molecule has 7 N–H and O–H groups in total. The van der Waals surface area contributed by atoms with Gasteiger partial charge in [0.2, 0.25) is 23.6 Å². The number of carbonyl (C=O) groups excluding carboxylic acids is 7. The van der Waals surface area contributed by atoms with Gasteiger partial charge in [-0.1, -0.05) is 174 Å². The van der Waals surface area contributed by atoms with E-state index in [1.807, 2.05) is 116 Å². The van der Waals surface area contributed by atoms with E-state index >= 15 is 0 Å². The fraction of sp³-hybridized carbons (Fsp3) is 0.411. The second-order valence-electron chi connectivity index (χ2n) is 31.7. The number of hydrogen-bond acceptors (Lipinski definition) is 14. The number of ether oxygens (including phenoxy) is 3. The number of nitrogens with zero attached hydrogens (tertiary/aromatic N) is 8. The molecule has 7 atom stereocenters. The summed E-state index contributed by atoms with van der Waals surface area (Å²) in [4.78, 5) is 129. The molecule has 0 radical (unpaired) electrons. The van der Waals surface area contributed by atoms with Gasteiger partial charge in [-0.15, -0.1) is 0 Å². The largest absolute Gasteiger partial charge is 0.453 e. The normalized spacial score (nSPS) is 17.9. The van der Waals surface area contributed by atoms with E-state index in [0.717, 1.165) is 161 Å². The van der Waals surface area contributed by atoms with Crippen molar-refractivity contribution < 1.29 is 47.8 Å². The van der Waals surface area contributed by atoms with Gasteiger partial charge in [0, 0.05) is 37.3 Å². The highest BCUT2D eigenvalue weighted by atomic mass is 16.5. The zero-order valence-corrected chi connectivity index (χ0v) is 67.7. The molecule has 0 saturated carbocycles. The fourth-order valence-corrected chi connectivity index (χ4v) is 16.9. The summed E-state index contributed by atoms with van der Waals surface area (Å²) in [6, 6.07) is 41.3. The summed E-state index contributed by atoms with van der Waals surface area (Å²) in [5, 5.41) is 10.3. The van der Waals surface area contributed by atoms with E-state index in [0.29, 0.717) is 26.1 Å². The lowest BCUT2D eigenvalue weighted by Crippen LogP contribution is -2.51.